The highest BCUT2D eigenvalue weighted by atomic mass is 35.5. The molecule has 3 rings (SSSR count). The fraction of sp³-hybridized carbons (Fsp3) is 0.0625. The van der Waals surface area contributed by atoms with Crippen LogP contribution >= 0.6 is 11.6 Å². The quantitative estimate of drug-likeness (QED) is 0.684. The zero-order chi connectivity index (χ0) is 14.3. The molecule has 3 nitrogen and oxygen atoms in total. The predicted molar refractivity (Wildman–Crippen MR) is 79.3 cm³/mol. The summed E-state index contributed by atoms with van der Waals surface area (Å²) in [4.78, 5) is 12.2. The van der Waals surface area contributed by atoms with Crippen molar-refractivity contribution in [1.82, 2.24) is 0 Å². The predicted octanol–water partition coefficient (Wildman–Crippen LogP) is 4.13. The molecule has 100 valence electrons. The van der Waals surface area contributed by atoms with E-state index in [-0.39, 0.29) is 5.75 Å². The van der Waals surface area contributed by atoms with Crippen LogP contribution in [0.1, 0.15) is 5.56 Å². The lowest BCUT2D eigenvalue weighted by Crippen LogP contribution is -2.05. The van der Waals surface area contributed by atoms with Gasteiger partial charge in [0.15, 0.2) is 0 Å². The van der Waals surface area contributed by atoms with Crippen LogP contribution in [0.4, 0.5) is 0 Å². The minimum Gasteiger partial charge on any atom is -0.508 e. The smallest absolute Gasteiger partial charge is 0.344 e. The van der Waals surface area contributed by atoms with Crippen LogP contribution in [0.15, 0.2) is 51.7 Å². The summed E-state index contributed by atoms with van der Waals surface area (Å²) in [5, 5.41) is 10.8. The average Bonchev–Trinajstić information content (AvgIpc) is 2.40. The number of phenols is 1. The Balaban J connectivity index is 2.39. The van der Waals surface area contributed by atoms with Gasteiger partial charge in [0.05, 0.1) is 5.56 Å². The number of aromatic hydroxyl groups is 1. The fourth-order valence-corrected chi connectivity index (χ4v) is 2.51. The van der Waals surface area contributed by atoms with E-state index in [9.17, 15) is 9.90 Å². The largest absolute Gasteiger partial charge is 0.508 e. The molecule has 0 atom stereocenters. The molecule has 4 heteroatoms. The first-order chi connectivity index (χ1) is 9.56. The van der Waals surface area contributed by atoms with E-state index in [4.69, 9.17) is 16.0 Å². The van der Waals surface area contributed by atoms with Gasteiger partial charge in [-0.05, 0) is 48.4 Å². The van der Waals surface area contributed by atoms with Gasteiger partial charge in [-0.25, -0.2) is 4.79 Å². The second-order valence-corrected chi connectivity index (χ2v) is 5.02. The Morgan fingerprint density at radius 1 is 1.15 bits per heavy atom. The summed E-state index contributed by atoms with van der Waals surface area (Å²) in [6, 6.07) is 11.7. The van der Waals surface area contributed by atoms with E-state index in [0.717, 1.165) is 5.56 Å². The maximum atomic E-state index is 12.2. The Kier molecular flexibility index (Phi) is 2.99. The molecule has 2 aromatic carbocycles. The Labute approximate surface area is 120 Å². The highest BCUT2D eigenvalue weighted by Crippen LogP contribution is 2.29. The molecule has 0 saturated heterocycles. The molecule has 0 aliphatic rings. The third kappa shape index (κ3) is 2.06. The summed E-state index contributed by atoms with van der Waals surface area (Å²) in [7, 11) is 0. The molecular weight excluding hydrogens is 276 g/mol. The van der Waals surface area contributed by atoms with Crippen molar-refractivity contribution in [3.63, 3.8) is 0 Å². The second kappa shape index (κ2) is 4.69. The zero-order valence-corrected chi connectivity index (χ0v) is 11.4. The molecule has 0 bridgehead atoms. The minimum atomic E-state index is -0.414. The number of benzene rings is 2. The molecule has 0 amide bonds. The van der Waals surface area contributed by atoms with E-state index in [0.29, 0.717) is 27.1 Å². The normalized spacial score (nSPS) is 10.9. The number of halogens is 1. The van der Waals surface area contributed by atoms with E-state index < -0.39 is 5.63 Å². The number of rotatable bonds is 1. The first-order valence-corrected chi connectivity index (χ1v) is 6.46. The lowest BCUT2D eigenvalue weighted by molar-refractivity contribution is 0.475. The standard InChI is InChI=1S/C16H11ClO3/c1-9-13-8-12(18)5-6-14(13)20-16(19)15(9)10-3-2-4-11(17)7-10/h2-8,18H,1H3. The van der Waals surface area contributed by atoms with Gasteiger partial charge in [0.2, 0.25) is 0 Å². The number of hydrogen-bond donors (Lipinski definition) is 1. The van der Waals surface area contributed by atoms with Crippen LogP contribution in [0, 0.1) is 6.92 Å². The maximum absolute atomic E-state index is 12.2. The molecule has 20 heavy (non-hydrogen) atoms. The van der Waals surface area contributed by atoms with Crippen LogP contribution in [0.5, 0.6) is 5.75 Å². The summed E-state index contributed by atoms with van der Waals surface area (Å²) in [6.45, 7) is 1.83. The molecule has 0 saturated carbocycles. The van der Waals surface area contributed by atoms with E-state index in [1.54, 1.807) is 36.4 Å². The third-order valence-electron chi connectivity index (χ3n) is 3.26. The van der Waals surface area contributed by atoms with Gasteiger partial charge in [-0.2, -0.15) is 0 Å². The first-order valence-electron chi connectivity index (χ1n) is 6.08. The van der Waals surface area contributed by atoms with Gasteiger partial charge in [-0.15, -0.1) is 0 Å². The topological polar surface area (TPSA) is 50.4 Å². The third-order valence-corrected chi connectivity index (χ3v) is 3.50. The molecule has 0 fully saturated rings. The number of phenolic OH excluding ortho intramolecular Hbond substituents is 1. The van der Waals surface area contributed by atoms with Crippen molar-refractivity contribution in [2.75, 3.05) is 0 Å². The number of fused-ring (bicyclic) bond motifs is 1. The van der Waals surface area contributed by atoms with E-state index in [2.05, 4.69) is 0 Å². The highest BCUT2D eigenvalue weighted by molar-refractivity contribution is 6.30. The summed E-state index contributed by atoms with van der Waals surface area (Å²) < 4.78 is 5.31. The second-order valence-electron chi connectivity index (χ2n) is 4.58. The van der Waals surface area contributed by atoms with Crippen molar-refractivity contribution < 1.29 is 9.52 Å². The van der Waals surface area contributed by atoms with Crippen LogP contribution in [0.25, 0.3) is 22.1 Å². The lowest BCUT2D eigenvalue weighted by Gasteiger charge is -2.08. The Hall–Kier alpha value is -2.26. The van der Waals surface area contributed by atoms with Gasteiger partial charge < -0.3 is 9.52 Å². The Bertz CT molecular complexity index is 865. The molecule has 0 aliphatic carbocycles. The van der Waals surface area contributed by atoms with Crippen molar-refractivity contribution in [2.45, 2.75) is 6.92 Å². The van der Waals surface area contributed by atoms with Crippen molar-refractivity contribution in [1.29, 1.82) is 0 Å². The SMILES string of the molecule is Cc1c(-c2cccc(Cl)c2)c(=O)oc2ccc(O)cc12. The highest BCUT2D eigenvalue weighted by Gasteiger charge is 2.13. The molecule has 1 aromatic heterocycles. The summed E-state index contributed by atoms with van der Waals surface area (Å²) >= 11 is 5.97. The molecule has 3 aromatic rings. The van der Waals surface area contributed by atoms with Crippen LogP contribution in [0.3, 0.4) is 0 Å². The van der Waals surface area contributed by atoms with Crippen molar-refractivity contribution in [3.05, 3.63) is 63.5 Å². The van der Waals surface area contributed by atoms with Gasteiger partial charge in [-0.3, -0.25) is 0 Å². The number of hydrogen-bond acceptors (Lipinski definition) is 3. The van der Waals surface area contributed by atoms with Crippen LogP contribution in [-0.2, 0) is 0 Å². The van der Waals surface area contributed by atoms with Gasteiger partial charge in [-0.1, -0.05) is 23.7 Å². The van der Waals surface area contributed by atoms with E-state index >= 15 is 0 Å². The van der Waals surface area contributed by atoms with Crippen LogP contribution < -0.4 is 5.63 Å². The summed E-state index contributed by atoms with van der Waals surface area (Å²) in [6.07, 6.45) is 0. The van der Waals surface area contributed by atoms with Gasteiger partial charge in [0.1, 0.15) is 11.3 Å². The minimum absolute atomic E-state index is 0.131. The lowest BCUT2D eigenvalue weighted by atomic mass is 9.99. The van der Waals surface area contributed by atoms with Gasteiger partial charge in [0.25, 0.3) is 0 Å². The molecule has 1 heterocycles. The molecular formula is C16H11ClO3. The van der Waals surface area contributed by atoms with Crippen LogP contribution in [-0.4, -0.2) is 5.11 Å². The molecule has 1 N–H and O–H groups in total. The van der Waals surface area contributed by atoms with Gasteiger partial charge in [0, 0.05) is 10.4 Å². The summed E-state index contributed by atoms with van der Waals surface area (Å²) in [5.41, 5.74) is 1.97. The van der Waals surface area contributed by atoms with Crippen molar-refractivity contribution in [2.24, 2.45) is 0 Å². The zero-order valence-electron chi connectivity index (χ0n) is 10.7. The average molecular weight is 287 g/mol. The monoisotopic (exact) mass is 286 g/mol. The fourth-order valence-electron chi connectivity index (χ4n) is 2.32. The Morgan fingerprint density at radius 3 is 2.70 bits per heavy atom. The number of aryl methyl sites for hydroxylation is 1. The van der Waals surface area contributed by atoms with Gasteiger partial charge >= 0.3 is 5.63 Å². The Morgan fingerprint density at radius 2 is 1.95 bits per heavy atom. The summed E-state index contributed by atoms with van der Waals surface area (Å²) in [5.74, 6) is 0.131. The van der Waals surface area contributed by atoms with E-state index in [1.807, 2.05) is 6.92 Å². The van der Waals surface area contributed by atoms with E-state index in [1.165, 1.54) is 6.07 Å². The van der Waals surface area contributed by atoms with Crippen molar-refractivity contribution in [3.8, 4) is 16.9 Å². The molecule has 0 spiro atoms. The molecule has 0 radical (unpaired) electrons. The van der Waals surface area contributed by atoms with Crippen LogP contribution in [0.2, 0.25) is 5.02 Å². The maximum Gasteiger partial charge on any atom is 0.344 e. The molecule has 0 aliphatic heterocycles. The van der Waals surface area contributed by atoms with Crippen molar-refractivity contribution >= 4 is 22.6 Å². The molecule has 0 unspecified atom stereocenters. The first kappa shape index (κ1) is 12.8.